The van der Waals surface area contributed by atoms with Crippen LogP contribution in [0.4, 0.5) is 10.7 Å². The van der Waals surface area contributed by atoms with Crippen LogP contribution in [0.2, 0.25) is 0 Å². The zero-order chi connectivity index (χ0) is 14.9. The summed E-state index contributed by atoms with van der Waals surface area (Å²) in [5.74, 6) is 0.400. The van der Waals surface area contributed by atoms with Gasteiger partial charge in [0.25, 0.3) is 10.0 Å². The molecule has 0 aromatic carbocycles. The van der Waals surface area contributed by atoms with Gasteiger partial charge in [-0.3, -0.25) is 10.1 Å². The molecule has 0 bridgehead atoms. The molecule has 1 aliphatic carbocycles. The molecule has 20 heavy (non-hydrogen) atoms. The van der Waals surface area contributed by atoms with E-state index in [1.54, 1.807) is 6.92 Å². The number of nitrogens with two attached hydrogens (primary N) is 1. The second-order valence-electron chi connectivity index (χ2n) is 4.82. The van der Waals surface area contributed by atoms with Gasteiger partial charge in [-0.05, 0) is 18.8 Å². The maximum Gasteiger partial charge on any atom is 0.304 e. The highest BCUT2D eigenvalue weighted by Gasteiger charge is 2.32. The Morgan fingerprint density at radius 1 is 1.55 bits per heavy atom. The van der Waals surface area contributed by atoms with Crippen LogP contribution in [0.5, 0.6) is 0 Å². The molecule has 1 aliphatic rings. The Labute approximate surface area is 121 Å². The monoisotopic (exact) mass is 319 g/mol. The van der Waals surface area contributed by atoms with Crippen LogP contribution in [0.25, 0.3) is 0 Å². The van der Waals surface area contributed by atoms with Crippen LogP contribution in [0.15, 0.2) is 10.3 Å². The van der Waals surface area contributed by atoms with Gasteiger partial charge in [-0.2, -0.15) is 4.31 Å². The first-order valence-corrected chi connectivity index (χ1v) is 8.65. The predicted octanol–water partition coefficient (Wildman–Crippen LogP) is 2.05. The number of rotatable bonds is 6. The minimum Gasteiger partial charge on any atom is -0.385 e. The standard InChI is InChI=1S/C11H17N3O4S2/c1-2-13(7-8-4-3-5-8)20(17,18)10-6-9(14(15)16)11(12)19-10/h6,8H,2-5,7,12H2,1H3. The average Bonchev–Trinajstić information content (AvgIpc) is 2.70. The molecule has 0 unspecified atom stereocenters. The number of hydrogen-bond acceptors (Lipinski definition) is 6. The molecule has 1 heterocycles. The van der Waals surface area contributed by atoms with Gasteiger partial charge in [0.2, 0.25) is 0 Å². The van der Waals surface area contributed by atoms with Crippen molar-refractivity contribution >= 4 is 32.0 Å². The average molecular weight is 319 g/mol. The summed E-state index contributed by atoms with van der Waals surface area (Å²) in [6.07, 6.45) is 3.22. The molecule has 0 aliphatic heterocycles. The normalized spacial score (nSPS) is 16.3. The van der Waals surface area contributed by atoms with E-state index in [2.05, 4.69) is 0 Å². The van der Waals surface area contributed by atoms with E-state index in [0.29, 0.717) is 19.0 Å². The van der Waals surface area contributed by atoms with Gasteiger partial charge < -0.3 is 5.73 Å². The number of nitrogens with zero attached hydrogens (tertiary/aromatic N) is 2. The molecule has 0 atom stereocenters. The lowest BCUT2D eigenvalue weighted by molar-refractivity contribution is -0.383. The van der Waals surface area contributed by atoms with E-state index in [-0.39, 0.29) is 14.9 Å². The van der Waals surface area contributed by atoms with E-state index >= 15 is 0 Å². The van der Waals surface area contributed by atoms with E-state index in [9.17, 15) is 18.5 Å². The summed E-state index contributed by atoms with van der Waals surface area (Å²) in [7, 11) is -3.69. The topological polar surface area (TPSA) is 107 Å². The van der Waals surface area contributed by atoms with Gasteiger partial charge >= 0.3 is 5.69 Å². The Morgan fingerprint density at radius 3 is 2.60 bits per heavy atom. The van der Waals surface area contributed by atoms with Gasteiger partial charge in [-0.1, -0.05) is 24.7 Å². The summed E-state index contributed by atoms with van der Waals surface area (Å²) in [5.41, 5.74) is 5.17. The Bertz CT molecular complexity index is 607. The molecule has 7 nitrogen and oxygen atoms in total. The number of hydrogen-bond donors (Lipinski definition) is 1. The maximum atomic E-state index is 12.5. The Balaban J connectivity index is 2.27. The van der Waals surface area contributed by atoms with Crippen molar-refractivity contribution in [3.63, 3.8) is 0 Å². The molecule has 1 saturated carbocycles. The third-order valence-corrected chi connectivity index (χ3v) is 6.89. The Morgan fingerprint density at radius 2 is 2.20 bits per heavy atom. The fourth-order valence-corrected chi connectivity index (χ4v) is 5.02. The Kier molecular flexibility index (Phi) is 4.31. The molecule has 1 aromatic heterocycles. The third-order valence-electron chi connectivity index (χ3n) is 3.55. The molecule has 2 N–H and O–H groups in total. The molecule has 112 valence electrons. The fourth-order valence-electron chi connectivity index (χ4n) is 2.13. The van der Waals surface area contributed by atoms with Crippen molar-refractivity contribution in [2.24, 2.45) is 5.92 Å². The lowest BCUT2D eigenvalue weighted by Crippen LogP contribution is -2.36. The van der Waals surface area contributed by atoms with Crippen LogP contribution < -0.4 is 5.73 Å². The summed E-state index contributed by atoms with van der Waals surface area (Å²) in [6, 6.07) is 1.05. The minimum atomic E-state index is -3.69. The highest BCUT2D eigenvalue weighted by molar-refractivity contribution is 7.91. The summed E-state index contributed by atoms with van der Waals surface area (Å²) in [4.78, 5) is 10.1. The largest absolute Gasteiger partial charge is 0.385 e. The Hall–Kier alpha value is -1.19. The number of nitrogen functional groups attached to an aromatic ring is 1. The van der Waals surface area contributed by atoms with Gasteiger partial charge in [0, 0.05) is 19.2 Å². The van der Waals surface area contributed by atoms with Crippen LogP contribution in [-0.2, 0) is 10.0 Å². The predicted molar refractivity (Wildman–Crippen MR) is 77.2 cm³/mol. The molecule has 1 aromatic rings. The van der Waals surface area contributed by atoms with E-state index < -0.39 is 14.9 Å². The van der Waals surface area contributed by atoms with Crippen molar-refractivity contribution in [1.82, 2.24) is 4.31 Å². The molecule has 2 rings (SSSR count). The molecule has 9 heteroatoms. The fraction of sp³-hybridized carbons (Fsp3) is 0.636. The van der Waals surface area contributed by atoms with Crippen molar-refractivity contribution in [2.75, 3.05) is 18.8 Å². The highest BCUT2D eigenvalue weighted by atomic mass is 32.2. The number of sulfonamides is 1. The molecule has 0 spiro atoms. The van der Waals surface area contributed by atoms with Gasteiger partial charge in [-0.15, -0.1) is 0 Å². The van der Waals surface area contributed by atoms with Gasteiger partial charge in [0.05, 0.1) is 4.92 Å². The second-order valence-corrected chi connectivity index (χ2v) is 8.07. The first-order valence-electron chi connectivity index (χ1n) is 6.40. The number of anilines is 1. The van der Waals surface area contributed by atoms with Crippen molar-refractivity contribution in [3.05, 3.63) is 16.2 Å². The lowest BCUT2D eigenvalue weighted by Gasteiger charge is -2.30. The SMILES string of the molecule is CCN(CC1CCC1)S(=O)(=O)c1cc([N+](=O)[O-])c(N)s1. The van der Waals surface area contributed by atoms with Gasteiger partial charge in [0.15, 0.2) is 5.00 Å². The first kappa shape index (κ1) is 15.2. The zero-order valence-electron chi connectivity index (χ0n) is 11.1. The summed E-state index contributed by atoms with van der Waals surface area (Å²) in [5, 5.41) is 10.7. The molecule has 0 saturated heterocycles. The van der Waals surface area contributed by atoms with E-state index in [1.807, 2.05) is 0 Å². The second kappa shape index (κ2) is 5.66. The van der Waals surface area contributed by atoms with Crippen LogP contribution in [0, 0.1) is 16.0 Å². The molecular formula is C11H17N3O4S2. The van der Waals surface area contributed by atoms with E-state index in [0.717, 1.165) is 36.7 Å². The highest BCUT2D eigenvalue weighted by Crippen LogP contribution is 2.36. The van der Waals surface area contributed by atoms with Crippen LogP contribution in [-0.4, -0.2) is 30.7 Å². The molecule has 0 radical (unpaired) electrons. The molecule has 0 amide bonds. The summed E-state index contributed by atoms with van der Waals surface area (Å²) >= 11 is 0.753. The smallest absolute Gasteiger partial charge is 0.304 e. The minimum absolute atomic E-state index is 0.0529. The third kappa shape index (κ3) is 2.79. The van der Waals surface area contributed by atoms with Gasteiger partial charge in [-0.25, -0.2) is 8.42 Å². The van der Waals surface area contributed by atoms with Gasteiger partial charge in [0.1, 0.15) is 4.21 Å². The summed E-state index contributed by atoms with van der Waals surface area (Å²) < 4.78 is 26.3. The first-order chi connectivity index (χ1) is 9.36. The van der Waals surface area contributed by atoms with Crippen LogP contribution in [0.1, 0.15) is 26.2 Å². The van der Waals surface area contributed by atoms with Crippen molar-refractivity contribution in [2.45, 2.75) is 30.4 Å². The maximum absolute atomic E-state index is 12.5. The molecule has 1 fully saturated rings. The van der Waals surface area contributed by atoms with Crippen molar-refractivity contribution < 1.29 is 13.3 Å². The number of nitro groups is 1. The number of thiophene rings is 1. The zero-order valence-corrected chi connectivity index (χ0v) is 12.7. The lowest BCUT2D eigenvalue weighted by atomic mass is 9.85. The molecular weight excluding hydrogens is 302 g/mol. The van der Waals surface area contributed by atoms with Crippen LogP contribution >= 0.6 is 11.3 Å². The van der Waals surface area contributed by atoms with E-state index in [4.69, 9.17) is 5.73 Å². The van der Waals surface area contributed by atoms with Crippen molar-refractivity contribution in [1.29, 1.82) is 0 Å². The van der Waals surface area contributed by atoms with Crippen molar-refractivity contribution in [3.8, 4) is 0 Å². The summed E-state index contributed by atoms with van der Waals surface area (Å²) in [6.45, 7) is 2.59. The van der Waals surface area contributed by atoms with E-state index in [1.165, 1.54) is 4.31 Å². The van der Waals surface area contributed by atoms with Crippen LogP contribution in [0.3, 0.4) is 0 Å². The quantitative estimate of drug-likeness (QED) is 0.638.